The van der Waals surface area contributed by atoms with E-state index in [1.807, 2.05) is 37.3 Å². The molecule has 0 saturated heterocycles. The molecule has 0 aliphatic heterocycles. The molecule has 2 aromatic carbocycles. The van der Waals surface area contributed by atoms with E-state index in [0.29, 0.717) is 18.0 Å². The number of para-hydroxylation sites is 1. The number of benzene rings is 2. The Labute approximate surface area is 125 Å². The Morgan fingerprint density at radius 3 is 2.57 bits per heavy atom. The molecule has 2 aromatic rings. The van der Waals surface area contributed by atoms with Crippen LogP contribution in [-0.2, 0) is 16.4 Å². The molecule has 0 saturated carbocycles. The number of nitrogens with one attached hydrogen (secondary N) is 1. The average Bonchev–Trinajstić information content (AvgIpc) is 2.46. The monoisotopic (exact) mass is 305 g/mol. The predicted octanol–water partition coefficient (Wildman–Crippen LogP) is 3.10. The van der Waals surface area contributed by atoms with Gasteiger partial charge in [-0.15, -0.1) is 0 Å². The van der Waals surface area contributed by atoms with Gasteiger partial charge < -0.3 is 10.1 Å². The highest BCUT2D eigenvalue weighted by molar-refractivity contribution is 7.90. The largest absolute Gasteiger partial charge is 0.494 e. The van der Waals surface area contributed by atoms with Gasteiger partial charge in [0.05, 0.1) is 11.5 Å². The van der Waals surface area contributed by atoms with Crippen LogP contribution < -0.4 is 10.1 Å². The molecule has 0 aliphatic rings. The quantitative estimate of drug-likeness (QED) is 0.891. The Kier molecular flexibility index (Phi) is 4.85. The first-order valence-corrected chi connectivity index (χ1v) is 8.64. The Balaban J connectivity index is 2.14. The predicted molar refractivity (Wildman–Crippen MR) is 84.5 cm³/mol. The van der Waals surface area contributed by atoms with Crippen molar-refractivity contribution < 1.29 is 13.2 Å². The molecule has 112 valence electrons. The minimum absolute atomic E-state index is 0.311. The van der Waals surface area contributed by atoms with Crippen molar-refractivity contribution in [3.05, 3.63) is 54.1 Å². The number of hydrogen-bond acceptors (Lipinski definition) is 4. The minimum atomic E-state index is -3.19. The average molecular weight is 305 g/mol. The van der Waals surface area contributed by atoms with Gasteiger partial charge in [0.1, 0.15) is 5.75 Å². The van der Waals surface area contributed by atoms with Crippen LogP contribution in [0.15, 0.2) is 53.4 Å². The van der Waals surface area contributed by atoms with Crippen LogP contribution in [0.1, 0.15) is 12.5 Å². The van der Waals surface area contributed by atoms with E-state index in [2.05, 4.69) is 5.32 Å². The zero-order valence-corrected chi connectivity index (χ0v) is 13.0. The van der Waals surface area contributed by atoms with E-state index in [1.165, 1.54) is 6.26 Å². The summed E-state index contributed by atoms with van der Waals surface area (Å²) in [4.78, 5) is 0.311. The van der Waals surface area contributed by atoms with Crippen molar-refractivity contribution in [1.82, 2.24) is 0 Å². The number of rotatable bonds is 6. The van der Waals surface area contributed by atoms with Gasteiger partial charge in [0, 0.05) is 24.1 Å². The zero-order valence-electron chi connectivity index (χ0n) is 12.2. The molecule has 0 aliphatic carbocycles. The first-order valence-electron chi connectivity index (χ1n) is 6.75. The van der Waals surface area contributed by atoms with Gasteiger partial charge >= 0.3 is 0 Å². The van der Waals surface area contributed by atoms with Crippen molar-refractivity contribution >= 4 is 15.5 Å². The van der Waals surface area contributed by atoms with Crippen LogP contribution in [0, 0.1) is 0 Å². The number of anilines is 1. The molecule has 0 heterocycles. The van der Waals surface area contributed by atoms with Gasteiger partial charge in [-0.25, -0.2) is 8.42 Å². The van der Waals surface area contributed by atoms with Gasteiger partial charge in [0.25, 0.3) is 0 Å². The molecule has 0 spiro atoms. The van der Waals surface area contributed by atoms with Gasteiger partial charge in [-0.05, 0) is 31.2 Å². The summed E-state index contributed by atoms with van der Waals surface area (Å²) < 4.78 is 28.7. The molecule has 1 N–H and O–H groups in total. The van der Waals surface area contributed by atoms with E-state index in [1.54, 1.807) is 18.2 Å². The van der Waals surface area contributed by atoms with Gasteiger partial charge in [-0.2, -0.15) is 0 Å². The van der Waals surface area contributed by atoms with Gasteiger partial charge in [-0.3, -0.25) is 0 Å². The van der Waals surface area contributed by atoms with Crippen LogP contribution in [0.4, 0.5) is 5.69 Å². The van der Waals surface area contributed by atoms with Crippen LogP contribution in [0.5, 0.6) is 5.75 Å². The molecule has 0 amide bonds. The Morgan fingerprint density at radius 1 is 1.10 bits per heavy atom. The molecule has 5 heteroatoms. The first kappa shape index (κ1) is 15.4. The second-order valence-electron chi connectivity index (χ2n) is 4.69. The van der Waals surface area contributed by atoms with Crippen molar-refractivity contribution in [2.45, 2.75) is 18.4 Å². The lowest BCUT2D eigenvalue weighted by molar-refractivity contribution is 0.337. The highest BCUT2D eigenvalue weighted by Crippen LogP contribution is 2.21. The van der Waals surface area contributed by atoms with Gasteiger partial charge in [-0.1, -0.05) is 24.3 Å². The van der Waals surface area contributed by atoms with E-state index in [9.17, 15) is 8.42 Å². The molecular weight excluding hydrogens is 286 g/mol. The molecule has 0 bridgehead atoms. The van der Waals surface area contributed by atoms with Crippen LogP contribution in [0.2, 0.25) is 0 Å². The molecule has 0 unspecified atom stereocenters. The first-order chi connectivity index (χ1) is 10.0. The zero-order chi connectivity index (χ0) is 15.3. The fraction of sp³-hybridized carbons (Fsp3) is 0.250. The summed E-state index contributed by atoms with van der Waals surface area (Å²) in [6.07, 6.45) is 1.20. The van der Waals surface area contributed by atoms with Crippen LogP contribution in [0.25, 0.3) is 0 Å². The topological polar surface area (TPSA) is 55.4 Å². The van der Waals surface area contributed by atoms with Crippen molar-refractivity contribution in [2.75, 3.05) is 18.2 Å². The normalized spacial score (nSPS) is 11.1. The van der Waals surface area contributed by atoms with Crippen LogP contribution in [-0.4, -0.2) is 21.3 Å². The molecule has 21 heavy (non-hydrogen) atoms. The Bertz CT molecular complexity index is 711. The highest BCUT2D eigenvalue weighted by atomic mass is 32.2. The summed E-state index contributed by atoms with van der Waals surface area (Å²) in [7, 11) is -3.19. The van der Waals surface area contributed by atoms with E-state index >= 15 is 0 Å². The van der Waals surface area contributed by atoms with Crippen LogP contribution in [0.3, 0.4) is 0 Å². The smallest absolute Gasteiger partial charge is 0.175 e. The third-order valence-corrected chi connectivity index (χ3v) is 4.13. The molecule has 0 aromatic heterocycles. The molecule has 0 radical (unpaired) electrons. The third kappa shape index (κ3) is 4.23. The second kappa shape index (κ2) is 6.63. The Morgan fingerprint density at radius 2 is 1.86 bits per heavy atom. The summed E-state index contributed by atoms with van der Waals surface area (Å²) in [5.41, 5.74) is 1.80. The second-order valence-corrected chi connectivity index (χ2v) is 6.71. The standard InChI is InChI=1S/C16H19NO3S/c1-3-20-16-10-5-4-7-13(16)12-17-14-8-6-9-15(11-14)21(2,18)19/h4-11,17H,3,12H2,1-2H3. The van der Waals surface area contributed by atoms with Crippen molar-refractivity contribution in [2.24, 2.45) is 0 Å². The highest BCUT2D eigenvalue weighted by Gasteiger charge is 2.08. The maximum Gasteiger partial charge on any atom is 0.175 e. The number of sulfone groups is 1. The van der Waals surface area contributed by atoms with E-state index in [-0.39, 0.29) is 0 Å². The maximum absolute atomic E-state index is 11.6. The summed E-state index contributed by atoms with van der Waals surface area (Å²) in [6.45, 7) is 3.13. The molecule has 4 nitrogen and oxygen atoms in total. The SMILES string of the molecule is CCOc1ccccc1CNc1cccc(S(C)(=O)=O)c1. The minimum Gasteiger partial charge on any atom is -0.494 e. The number of ether oxygens (including phenoxy) is 1. The molecule has 0 fully saturated rings. The lowest BCUT2D eigenvalue weighted by Gasteiger charge is -2.12. The lowest BCUT2D eigenvalue weighted by atomic mass is 10.2. The third-order valence-electron chi connectivity index (χ3n) is 3.02. The van der Waals surface area contributed by atoms with Crippen molar-refractivity contribution in [3.63, 3.8) is 0 Å². The fourth-order valence-corrected chi connectivity index (χ4v) is 2.65. The summed E-state index contributed by atoms with van der Waals surface area (Å²) in [5, 5.41) is 3.23. The van der Waals surface area contributed by atoms with Crippen molar-refractivity contribution in [3.8, 4) is 5.75 Å². The molecular formula is C16H19NO3S. The van der Waals surface area contributed by atoms with Crippen LogP contribution >= 0.6 is 0 Å². The van der Waals surface area contributed by atoms with Crippen molar-refractivity contribution in [1.29, 1.82) is 0 Å². The van der Waals surface area contributed by atoms with E-state index in [4.69, 9.17) is 4.74 Å². The summed E-state index contributed by atoms with van der Waals surface area (Å²) in [5.74, 6) is 0.840. The lowest BCUT2D eigenvalue weighted by Crippen LogP contribution is -2.04. The van der Waals surface area contributed by atoms with Gasteiger partial charge in [0.15, 0.2) is 9.84 Å². The summed E-state index contributed by atoms with van der Waals surface area (Å²) in [6, 6.07) is 14.6. The number of hydrogen-bond donors (Lipinski definition) is 1. The fourth-order valence-electron chi connectivity index (χ4n) is 1.98. The Hall–Kier alpha value is -2.01. The van der Waals surface area contributed by atoms with E-state index in [0.717, 1.165) is 17.0 Å². The summed E-state index contributed by atoms with van der Waals surface area (Å²) >= 11 is 0. The van der Waals surface area contributed by atoms with E-state index < -0.39 is 9.84 Å². The molecule has 2 rings (SSSR count). The van der Waals surface area contributed by atoms with Gasteiger partial charge in [0.2, 0.25) is 0 Å². The maximum atomic E-state index is 11.6. The molecule has 0 atom stereocenters.